The monoisotopic (exact) mass is 234 g/mol. The Morgan fingerprint density at radius 1 is 1.12 bits per heavy atom. The molecule has 17 heavy (non-hydrogen) atoms. The van der Waals surface area contributed by atoms with Crippen LogP contribution >= 0.6 is 0 Å². The number of nitrogens with zero attached hydrogens (tertiary/aromatic N) is 1. The van der Waals surface area contributed by atoms with Crippen molar-refractivity contribution < 1.29 is 0 Å². The van der Waals surface area contributed by atoms with E-state index in [0.29, 0.717) is 6.04 Å². The number of hydrogen-bond acceptors (Lipinski definition) is 2. The molecule has 0 amide bonds. The predicted octanol–water partition coefficient (Wildman–Crippen LogP) is 2.16. The first-order valence-corrected chi connectivity index (χ1v) is 6.74. The molecule has 1 fully saturated rings. The summed E-state index contributed by atoms with van der Waals surface area (Å²) in [4.78, 5) is 11.0. The highest BCUT2D eigenvalue weighted by Gasteiger charge is 2.10. The van der Waals surface area contributed by atoms with Gasteiger partial charge in [0.05, 0.1) is 0 Å². The van der Waals surface area contributed by atoms with Gasteiger partial charge in [0.2, 0.25) is 0 Å². The Morgan fingerprint density at radius 2 is 1.76 bits per heavy atom. The fraction of sp³-hybridized carbons (Fsp3) is 0.643. The van der Waals surface area contributed by atoms with Crippen molar-refractivity contribution in [2.24, 2.45) is 0 Å². The van der Waals surface area contributed by atoms with Crippen LogP contribution in [0.4, 0.5) is 0 Å². The number of rotatable bonds is 4. The van der Waals surface area contributed by atoms with Gasteiger partial charge in [0, 0.05) is 43.7 Å². The summed E-state index contributed by atoms with van der Waals surface area (Å²) in [7, 11) is 0. The molecular weight excluding hydrogens is 212 g/mol. The van der Waals surface area contributed by atoms with E-state index in [2.05, 4.69) is 9.88 Å². The summed E-state index contributed by atoms with van der Waals surface area (Å²) in [6.07, 6.45) is 11.9. The van der Waals surface area contributed by atoms with Gasteiger partial charge in [-0.3, -0.25) is 4.79 Å². The molecule has 94 valence electrons. The number of pyridine rings is 1. The molecule has 0 spiro atoms. The Morgan fingerprint density at radius 3 is 2.41 bits per heavy atom. The van der Waals surface area contributed by atoms with E-state index in [0.717, 1.165) is 13.1 Å². The fourth-order valence-electron chi connectivity index (χ4n) is 2.47. The van der Waals surface area contributed by atoms with Crippen molar-refractivity contribution in [1.29, 1.82) is 0 Å². The highest BCUT2D eigenvalue weighted by Crippen LogP contribution is 2.16. The summed E-state index contributed by atoms with van der Waals surface area (Å²) in [5, 5.41) is 3.63. The maximum Gasteiger partial charge on any atom is 0.181 e. The highest BCUT2D eigenvalue weighted by molar-refractivity contribution is 4.93. The number of aromatic nitrogens is 1. The number of nitrogens with one attached hydrogen (secondary N) is 1. The van der Waals surface area contributed by atoms with Gasteiger partial charge in [-0.15, -0.1) is 0 Å². The Bertz CT molecular complexity index is 358. The third kappa shape index (κ3) is 4.35. The normalized spacial score (nSPS) is 17.9. The molecule has 0 aliphatic heterocycles. The van der Waals surface area contributed by atoms with Crippen LogP contribution in [0.5, 0.6) is 0 Å². The summed E-state index contributed by atoms with van der Waals surface area (Å²) in [6, 6.07) is 3.94. The van der Waals surface area contributed by atoms with Crippen molar-refractivity contribution in [1.82, 2.24) is 9.88 Å². The minimum Gasteiger partial charge on any atom is -0.353 e. The van der Waals surface area contributed by atoms with Gasteiger partial charge in [-0.2, -0.15) is 0 Å². The quantitative estimate of drug-likeness (QED) is 0.810. The van der Waals surface area contributed by atoms with Crippen LogP contribution in [0.1, 0.15) is 38.5 Å². The molecule has 1 saturated carbocycles. The lowest BCUT2D eigenvalue weighted by Crippen LogP contribution is -2.31. The minimum atomic E-state index is 0.0815. The summed E-state index contributed by atoms with van der Waals surface area (Å²) in [6.45, 7) is 1.93. The molecule has 0 saturated heterocycles. The molecule has 1 aromatic rings. The first kappa shape index (κ1) is 12.4. The van der Waals surface area contributed by atoms with Gasteiger partial charge in [0.15, 0.2) is 5.43 Å². The van der Waals surface area contributed by atoms with E-state index in [1.54, 1.807) is 12.1 Å². The first-order chi connectivity index (χ1) is 8.34. The van der Waals surface area contributed by atoms with Crippen molar-refractivity contribution in [2.75, 3.05) is 6.54 Å². The maximum atomic E-state index is 11.0. The van der Waals surface area contributed by atoms with Gasteiger partial charge in [-0.05, 0) is 12.8 Å². The molecule has 3 nitrogen and oxygen atoms in total. The van der Waals surface area contributed by atoms with E-state index in [4.69, 9.17) is 0 Å². The van der Waals surface area contributed by atoms with E-state index in [1.807, 2.05) is 12.4 Å². The molecule has 0 bridgehead atoms. The number of hydrogen-bond donors (Lipinski definition) is 1. The van der Waals surface area contributed by atoms with Crippen LogP contribution in [0, 0.1) is 0 Å². The van der Waals surface area contributed by atoms with E-state index in [1.165, 1.54) is 38.5 Å². The Kier molecular flexibility index (Phi) is 4.80. The van der Waals surface area contributed by atoms with Crippen molar-refractivity contribution in [3.8, 4) is 0 Å². The second kappa shape index (κ2) is 6.60. The van der Waals surface area contributed by atoms with E-state index < -0.39 is 0 Å². The smallest absolute Gasteiger partial charge is 0.181 e. The van der Waals surface area contributed by atoms with Gasteiger partial charge in [0.1, 0.15) is 0 Å². The molecule has 2 rings (SSSR count). The molecule has 1 heterocycles. The Labute approximate surface area is 103 Å². The first-order valence-electron chi connectivity index (χ1n) is 6.74. The van der Waals surface area contributed by atoms with Crippen LogP contribution in [-0.2, 0) is 6.54 Å². The Balaban J connectivity index is 1.71. The maximum absolute atomic E-state index is 11.0. The van der Waals surface area contributed by atoms with Gasteiger partial charge in [0.25, 0.3) is 0 Å². The van der Waals surface area contributed by atoms with Crippen LogP contribution in [0.3, 0.4) is 0 Å². The third-order valence-electron chi connectivity index (χ3n) is 3.52. The highest BCUT2D eigenvalue weighted by atomic mass is 16.1. The molecule has 1 aliphatic rings. The summed E-state index contributed by atoms with van der Waals surface area (Å²) in [5.41, 5.74) is 0.0815. The van der Waals surface area contributed by atoms with Crippen LogP contribution in [0.15, 0.2) is 29.3 Å². The van der Waals surface area contributed by atoms with Crippen molar-refractivity contribution in [3.63, 3.8) is 0 Å². The lowest BCUT2D eigenvalue weighted by molar-refractivity contribution is 0.445. The predicted molar refractivity (Wildman–Crippen MR) is 70.2 cm³/mol. The molecule has 0 atom stereocenters. The van der Waals surface area contributed by atoms with Crippen LogP contribution in [0.2, 0.25) is 0 Å². The zero-order valence-electron chi connectivity index (χ0n) is 10.4. The van der Waals surface area contributed by atoms with E-state index in [-0.39, 0.29) is 5.43 Å². The van der Waals surface area contributed by atoms with E-state index >= 15 is 0 Å². The molecule has 1 aromatic heterocycles. The fourth-order valence-corrected chi connectivity index (χ4v) is 2.47. The SMILES string of the molecule is O=c1ccn(CCNC2CCCCCC2)cc1. The second-order valence-electron chi connectivity index (χ2n) is 4.91. The average Bonchev–Trinajstić information content (AvgIpc) is 2.60. The Hall–Kier alpha value is -1.09. The molecule has 1 N–H and O–H groups in total. The van der Waals surface area contributed by atoms with Crippen LogP contribution < -0.4 is 10.7 Å². The summed E-state index contributed by atoms with van der Waals surface area (Å²) >= 11 is 0. The molecule has 0 aromatic carbocycles. The molecular formula is C14H22N2O. The van der Waals surface area contributed by atoms with Crippen molar-refractivity contribution >= 4 is 0 Å². The lowest BCUT2D eigenvalue weighted by atomic mass is 10.1. The second-order valence-corrected chi connectivity index (χ2v) is 4.91. The zero-order valence-corrected chi connectivity index (χ0v) is 10.4. The third-order valence-corrected chi connectivity index (χ3v) is 3.52. The molecule has 3 heteroatoms. The van der Waals surface area contributed by atoms with Crippen molar-refractivity contribution in [2.45, 2.75) is 51.1 Å². The van der Waals surface area contributed by atoms with Crippen LogP contribution in [0.25, 0.3) is 0 Å². The molecule has 0 unspecified atom stereocenters. The van der Waals surface area contributed by atoms with Crippen molar-refractivity contribution in [3.05, 3.63) is 34.7 Å². The zero-order chi connectivity index (χ0) is 11.9. The molecule has 1 aliphatic carbocycles. The van der Waals surface area contributed by atoms with Gasteiger partial charge in [-0.1, -0.05) is 25.7 Å². The largest absolute Gasteiger partial charge is 0.353 e. The molecule has 0 radical (unpaired) electrons. The summed E-state index contributed by atoms with van der Waals surface area (Å²) in [5.74, 6) is 0. The van der Waals surface area contributed by atoms with Gasteiger partial charge >= 0.3 is 0 Å². The van der Waals surface area contributed by atoms with E-state index in [9.17, 15) is 4.79 Å². The average molecular weight is 234 g/mol. The topological polar surface area (TPSA) is 34.0 Å². The lowest BCUT2D eigenvalue weighted by Gasteiger charge is -2.16. The van der Waals surface area contributed by atoms with Gasteiger partial charge < -0.3 is 9.88 Å². The van der Waals surface area contributed by atoms with Gasteiger partial charge in [-0.25, -0.2) is 0 Å². The van der Waals surface area contributed by atoms with Crippen LogP contribution in [-0.4, -0.2) is 17.2 Å². The minimum absolute atomic E-state index is 0.0815. The standard InChI is InChI=1S/C14H22N2O/c17-14-7-10-16(11-8-14)12-9-15-13-5-3-1-2-4-6-13/h7-8,10-11,13,15H,1-6,9,12H2. The summed E-state index contributed by atoms with van der Waals surface area (Å²) < 4.78 is 2.06.